The maximum absolute atomic E-state index is 10.3. The van der Waals surface area contributed by atoms with Crippen molar-refractivity contribution in [3.05, 3.63) is 35.9 Å². The molecule has 3 atom stereocenters. The zero-order valence-corrected chi connectivity index (χ0v) is 10.9. The summed E-state index contributed by atoms with van der Waals surface area (Å²) in [6, 6.07) is 9.50. The second-order valence-corrected chi connectivity index (χ2v) is 5.22. The van der Waals surface area contributed by atoms with Crippen LogP contribution in [0, 0.1) is 0 Å². The summed E-state index contributed by atoms with van der Waals surface area (Å²) in [5.41, 5.74) is 1.40. The molecule has 1 saturated heterocycles. The van der Waals surface area contributed by atoms with Gasteiger partial charge in [-0.1, -0.05) is 35.5 Å². The number of aliphatic hydroxyl groups excluding tert-OH is 1. The second kappa shape index (κ2) is 4.59. The first kappa shape index (κ1) is 12.6. The van der Waals surface area contributed by atoms with Gasteiger partial charge in [-0.05, 0) is 13.8 Å². The highest BCUT2D eigenvalue weighted by molar-refractivity contribution is 6.04. The summed E-state index contributed by atoms with van der Waals surface area (Å²) in [6.45, 7) is 4.08. The first-order valence-corrected chi connectivity index (χ1v) is 6.36. The van der Waals surface area contributed by atoms with Gasteiger partial charge in [0.15, 0.2) is 11.9 Å². The number of benzene rings is 1. The molecule has 0 aliphatic carbocycles. The summed E-state index contributed by atoms with van der Waals surface area (Å²) in [4.78, 5) is 5.34. The van der Waals surface area contributed by atoms with E-state index in [2.05, 4.69) is 5.16 Å². The van der Waals surface area contributed by atoms with E-state index in [9.17, 15) is 5.11 Å². The second-order valence-electron chi connectivity index (χ2n) is 5.22. The van der Waals surface area contributed by atoms with Crippen LogP contribution >= 0.6 is 0 Å². The molecule has 1 aromatic carbocycles. The van der Waals surface area contributed by atoms with Crippen LogP contribution in [0.5, 0.6) is 0 Å². The number of hydrogen-bond acceptors (Lipinski definition) is 5. The zero-order valence-electron chi connectivity index (χ0n) is 10.9. The van der Waals surface area contributed by atoms with Gasteiger partial charge in [0.05, 0.1) is 6.61 Å². The topological polar surface area (TPSA) is 60.3 Å². The van der Waals surface area contributed by atoms with E-state index in [1.54, 1.807) is 0 Å². The normalized spacial score (nSPS) is 33.0. The lowest BCUT2D eigenvalue weighted by molar-refractivity contribution is -0.160. The average Bonchev–Trinajstić information content (AvgIpc) is 2.93. The third-order valence-electron chi connectivity index (χ3n) is 3.33. The highest BCUT2D eigenvalue weighted by atomic mass is 16.8. The lowest BCUT2D eigenvalue weighted by Crippen LogP contribution is -2.41. The van der Waals surface area contributed by atoms with Gasteiger partial charge in [0.1, 0.15) is 17.9 Å². The van der Waals surface area contributed by atoms with Gasteiger partial charge in [-0.2, -0.15) is 0 Å². The molecule has 1 N–H and O–H groups in total. The maximum Gasteiger partial charge on any atom is 0.187 e. The predicted molar refractivity (Wildman–Crippen MR) is 68.8 cm³/mol. The van der Waals surface area contributed by atoms with Crippen molar-refractivity contribution in [1.29, 1.82) is 0 Å². The van der Waals surface area contributed by atoms with Crippen LogP contribution in [0.4, 0.5) is 0 Å². The zero-order chi connectivity index (χ0) is 13.5. The minimum Gasteiger partial charge on any atom is -0.386 e. The van der Waals surface area contributed by atoms with Gasteiger partial charge in [0.25, 0.3) is 0 Å². The summed E-state index contributed by atoms with van der Waals surface area (Å²) in [7, 11) is 0. The Morgan fingerprint density at radius 3 is 2.63 bits per heavy atom. The van der Waals surface area contributed by atoms with Gasteiger partial charge >= 0.3 is 0 Å². The molecule has 3 rings (SSSR count). The van der Waals surface area contributed by atoms with Gasteiger partial charge in [-0.25, -0.2) is 0 Å². The van der Waals surface area contributed by atoms with Gasteiger partial charge in [0.2, 0.25) is 0 Å². The number of oxime groups is 1. The van der Waals surface area contributed by atoms with E-state index >= 15 is 0 Å². The molecular formula is C14H17NO4. The Balaban J connectivity index is 1.73. The Morgan fingerprint density at radius 2 is 2.00 bits per heavy atom. The molecule has 0 saturated carbocycles. The largest absolute Gasteiger partial charge is 0.386 e. The standard InChI is InChI=1S/C14H17NO4/c1-14(2)17-8-10(18-14)13-12(16)11(15-19-13)9-6-4-3-5-7-9/h3-7,10,12-13,16H,8H2,1-2H3/t10-,12-,13+/m1/s1. The number of ether oxygens (including phenoxy) is 2. The molecule has 5 heteroatoms. The molecule has 0 unspecified atom stereocenters. The molecule has 0 aromatic heterocycles. The van der Waals surface area contributed by atoms with Gasteiger partial charge in [-0.15, -0.1) is 0 Å². The van der Waals surface area contributed by atoms with E-state index in [-0.39, 0.29) is 6.10 Å². The van der Waals surface area contributed by atoms with E-state index in [1.807, 2.05) is 44.2 Å². The Morgan fingerprint density at radius 1 is 1.26 bits per heavy atom. The van der Waals surface area contributed by atoms with Crippen LogP contribution in [0.3, 0.4) is 0 Å². The molecule has 102 valence electrons. The van der Waals surface area contributed by atoms with Crippen LogP contribution in [-0.4, -0.2) is 41.5 Å². The molecule has 1 fully saturated rings. The molecule has 0 spiro atoms. The Labute approximate surface area is 111 Å². The fourth-order valence-corrected chi connectivity index (χ4v) is 2.37. The molecule has 2 heterocycles. The summed E-state index contributed by atoms with van der Waals surface area (Å²) in [5.74, 6) is -0.636. The van der Waals surface area contributed by atoms with E-state index in [0.29, 0.717) is 12.3 Å². The van der Waals surface area contributed by atoms with E-state index < -0.39 is 18.0 Å². The Kier molecular flexibility index (Phi) is 3.05. The molecule has 0 radical (unpaired) electrons. The van der Waals surface area contributed by atoms with E-state index in [0.717, 1.165) is 5.56 Å². The van der Waals surface area contributed by atoms with Gasteiger partial charge in [0, 0.05) is 5.56 Å². The van der Waals surface area contributed by atoms with E-state index in [1.165, 1.54) is 0 Å². The SMILES string of the molecule is CC1(C)OC[C@H]([C@@H]2ON=C(c3ccccc3)[C@H]2O)O1. The van der Waals surface area contributed by atoms with Crippen LogP contribution in [0.15, 0.2) is 35.5 Å². The summed E-state index contributed by atoms with van der Waals surface area (Å²) in [6.07, 6.45) is -1.63. The number of aliphatic hydroxyl groups is 1. The molecule has 2 aliphatic rings. The summed E-state index contributed by atoms with van der Waals surface area (Å²) in [5, 5.41) is 14.3. The van der Waals surface area contributed by atoms with Gasteiger partial charge in [-0.3, -0.25) is 0 Å². The van der Waals surface area contributed by atoms with Crippen molar-refractivity contribution in [2.24, 2.45) is 5.16 Å². The fraction of sp³-hybridized carbons (Fsp3) is 0.500. The molecule has 1 aromatic rings. The van der Waals surface area contributed by atoms with Crippen molar-refractivity contribution in [3.8, 4) is 0 Å². The van der Waals surface area contributed by atoms with Crippen LogP contribution < -0.4 is 0 Å². The molecular weight excluding hydrogens is 246 g/mol. The van der Waals surface area contributed by atoms with Crippen molar-refractivity contribution in [3.63, 3.8) is 0 Å². The van der Waals surface area contributed by atoms with Crippen molar-refractivity contribution >= 4 is 5.71 Å². The molecule has 2 aliphatic heterocycles. The molecule has 0 amide bonds. The highest BCUT2D eigenvalue weighted by Crippen LogP contribution is 2.30. The van der Waals surface area contributed by atoms with Crippen molar-refractivity contribution in [1.82, 2.24) is 0 Å². The Bertz CT molecular complexity index is 485. The first-order valence-electron chi connectivity index (χ1n) is 6.36. The first-order chi connectivity index (χ1) is 9.07. The number of nitrogens with zero attached hydrogens (tertiary/aromatic N) is 1. The van der Waals surface area contributed by atoms with Crippen LogP contribution in [0.1, 0.15) is 19.4 Å². The lowest BCUT2D eigenvalue weighted by Gasteiger charge is -2.21. The van der Waals surface area contributed by atoms with Crippen LogP contribution in [0.25, 0.3) is 0 Å². The number of rotatable bonds is 2. The third kappa shape index (κ3) is 2.36. The van der Waals surface area contributed by atoms with Crippen molar-refractivity contribution < 1.29 is 19.4 Å². The molecule has 5 nitrogen and oxygen atoms in total. The van der Waals surface area contributed by atoms with Crippen molar-refractivity contribution in [2.45, 2.75) is 37.9 Å². The summed E-state index contributed by atoms with van der Waals surface area (Å²) < 4.78 is 11.2. The average molecular weight is 263 g/mol. The summed E-state index contributed by atoms with van der Waals surface area (Å²) >= 11 is 0. The maximum atomic E-state index is 10.3. The van der Waals surface area contributed by atoms with E-state index in [4.69, 9.17) is 14.3 Å². The quantitative estimate of drug-likeness (QED) is 0.873. The Hall–Kier alpha value is -1.43. The minimum atomic E-state index is -0.801. The van der Waals surface area contributed by atoms with Crippen molar-refractivity contribution in [2.75, 3.05) is 6.61 Å². The number of hydrogen-bond donors (Lipinski definition) is 1. The third-order valence-corrected chi connectivity index (χ3v) is 3.33. The fourth-order valence-electron chi connectivity index (χ4n) is 2.37. The monoisotopic (exact) mass is 263 g/mol. The smallest absolute Gasteiger partial charge is 0.187 e. The minimum absolute atomic E-state index is 0.310. The predicted octanol–water partition coefficient (Wildman–Crippen LogP) is 1.30. The highest BCUT2D eigenvalue weighted by Gasteiger charge is 2.46. The lowest BCUT2D eigenvalue weighted by atomic mass is 9.99. The van der Waals surface area contributed by atoms with Crippen LogP contribution in [0.2, 0.25) is 0 Å². The molecule has 0 bridgehead atoms. The van der Waals surface area contributed by atoms with Crippen LogP contribution in [-0.2, 0) is 14.3 Å². The molecule has 19 heavy (non-hydrogen) atoms. The van der Waals surface area contributed by atoms with Gasteiger partial charge < -0.3 is 19.4 Å².